The van der Waals surface area contributed by atoms with Crippen molar-refractivity contribution in [3.05, 3.63) is 46.5 Å². The third-order valence-electron chi connectivity index (χ3n) is 4.80. The van der Waals surface area contributed by atoms with Gasteiger partial charge in [0.15, 0.2) is 0 Å². The highest BCUT2D eigenvalue weighted by molar-refractivity contribution is 5.92. The molecule has 1 aromatic heterocycles. The lowest BCUT2D eigenvalue weighted by Crippen LogP contribution is -2.30. The molecule has 0 fully saturated rings. The van der Waals surface area contributed by atoms with Crippen LogP contribution in [0.5, 0.6) is 5.75 Å². The van der Waals surface area contributed by atoms with Gasteiger partial charge in [0.1, 0.15) is 17.3 Å². The van der Waals surface area contributed by atoms with Gasteiger partial charge in [-0.25, -0.2) is 4.98 Å². The zero-order chi connectivity index (χ0) is 18.1. The van der Waals surface area contributed by atoms with Crippen LogP contribution in [0.25, 0.3) is 0 Å². The van der Waals surface area contributed by atoms with Gasteiger partial charge >= 0.3 is 0 Å². The zero-order valence-corrected chi connectivity index (χ0v) is 15.7. The highest BCUT2D eigenvalue weighted by atomic mass is 16.5. The number of hydrogen-bond donors (Lipinski definition) is 1. The summed E-state index contributed by atoms with van der Waals surface area (Å²) in [4.78, 5) is 16.7. The first-order chi connectivity index (χ1) is 11.9. The Bertz CT molecular complexity index is 769. The minimum absolute atomic E-state index is 0.0930. The molecule has 1 atom stereocenters. The largest absolute Gasteiger partial charge is 0.496 e. The molecule has 1 aliphatic heterocycles. The average molecular weight is 341 g/mol. The summed E-state index contributed by atoms with van der Waals surface area (Å²) < 4.78 is 7.61. The molecule has 0 radical (unpaired) electrons. The van der Waals surface area contributed by atoms with Crippen LogP contribution in [0.2, 0.25) is 0 Å². The molecule has 0 unspecified atom stereocenters. The quantitative estimate of drug-likeness (QED) is 0.927. The normalized spacial score (nSPS) is 16.6. The van der Waals surface area contributed by atoms with Crippen molar-refractivity contribution in [1.29, 1.82) is 0 Å². The molecule has 3 rings (SSSR count). The van der Waals surface area contributed by atoms with Gasteiger partial charge in [-0.05, 0) is 50.8 Å². The molecule has 0 aliphatic carbocycles. The predicted octanol–water partition coefficient (Wildman–Crippen LogP) is 3.38. The number of hydrogen-bond acceptors (Lipinski definition) is 3. The molecule has 1 amide bonds. The fraction of sp³-hybridized carbons (Fsp3) is 0.500. The summed E-state index contributed by atoms with van der Waals surface area (Å²) >= 11 is 0. The molecule has 0 bridgehead atoms. The predicted molar refractivity (Wildman–Crippen MR) is 98.4 cm³/mol. The number of methoxy groups -OCH3 is 1. The second-order valence-electron chi connectivity index (χ2n) is 7.25. The molecule has 134 valence electrons. The molecule has 2 heterocycles. The SMILES string of the molecule is COc1c(C)cc([C@H]2CCc3nc(C(=O)NC(C)C)cn3C2)cc1C. The Kier molecular flexibility index (Phi) is 4.84. The summed E-state index contributed by atoms with van der Waals surface area (Å²) in [5.74, 6) is 2.32. The smallest absolute Gasteiger partial charge is 0.271 e. The lowest BCUT2D eigenvalue weighted by Gasteiger charge is -2.25. The van der Waals surface area contributed by atoms with E-state index >= 15 is 0 Å². The van der Waals surface area contributed by atoms with Gasteiger partial charge in [0.25, 0.3) is 5.91 Å². The number of rotatable bonds is 4. The van der Waals surface area contributed by atoms with Crippen LogP contribution in [0.15, 0.2) is 18.3 Å². The lowest BCUT2D eigenvalue weighted by atomic mass is 9.89. The maximum absolute atomic E-state index is 12.2. The molecule has 0 saturated carbocycles. The van der Waals surface area contributed by atoms with Crippen molar-refractivity contribution in [1.82, 2.24) is 14.9 Å². The van der Waals surface area contributed by atoms with Crippen molar-refractivity contribution in [3.8, 4) is 5.75 Å². The molecule has 1 aliphatic rings. The summed E-state index contributed by atoms with van der Waals surface area (Å²) in [6.07, 6.45) is 3.83. The fourth-order valence-electron chi connectivity index (χ4n) is 3.70. The van der Waals surface area contributed by atoms with Crippen LogP contribution in [0.1, 0.15) is 59.2 Å². The molecule has 0 spiro atoms. The second kappa shape index (κ2) is 6.90. The first-order valence-corrected chi connectivity index (χ1v) is 8.91. The first-order valence-electron chi connectivity index (χ1n) is 8.91. The van der Waals surface area contributed by atoms with Crippen LogP contribution in [-0.4, -0.2) is 28.6 Å². The van der Waals surface area contributed by atoms with Gasteiger partial charge in [-0.2, -0.15) is 0 Å². The number of aryl methyl sites for hydroxylation is 3. The number of nitrogens with zero attached hydrogens (tertiary/aromatic N) is 2. The van der Waals surface area contributed by atoms with E-state index in [-0.39, 0.29) is 11.9 Å². The molecular formula is C20H27N3O2. The van der Waals surface area contributed by atoms with E-state index in [1.807, 2.05) is 20.0 Å². The Hall–Kier alpha value is -2.30. The minimum atomic E-state index is -0.0930. The number of amides is 1. The Balaban J connectivity index is 1.82. The lowest BCUT2D eigenvalue weighted by molar-refractivity contribution is 0.0938. The molecular weight excluding hydrogens is 314 g/mol. The second-order valence-corrected chi connectivity index (χ2v) is 7.25. The van der Waals surface area contributed by atoms with Crippen LogP contribution in [0, 0.1) is 13.8 Å². The third kappa shape index (κ3) is 3.55. The number of nitrogens with one attached hydrogen (secondary N) is 1. The zero-order valence-electron chi connectivity index (χ0n) is 15.7. The molecule has 5 nitrogen and oxygen atoms in total. The summed E-state index contributed by atoms with van der Waals surface area (Å²) in [5, 5.41) is 2.91. The summed E-state index contributed by atoms with van der Waals surface area (Å²) in [6, 6.07) is 4.57. The van der Waals surface area contributed by atoms with Gasteiger partial charge in [0, 0.05) is 31.1 Å². The standard InChI is InChI=1S/C20H27N3O2/c1-12(2)21-20(24)17-11-23-10-15(6-7-18(23)22-17)16-8-13(3)19(25-5)14(4)9-16/h8-9,11-12,15H,6-7,10H2,1-5H3,(H,21,24)/t15-/m0/s1. The van der Waals surface area contributed by atoms with Crippen LogP contribution < -0.4 is 10.1 Å². The Morgan fingerprint density at radius 3 is 2.60 bits per heavy atom. The van der Waals surface area contributed by atoms with E-state index in [2.05, 4.69) is 40.8 Å². The number of fused-ring (bicyclic) bond motifs is 1. The Morgan fingerprint density at radius 2 is 2.00 bits per heavy atom. The van der Waals surface area contributed by atoms with Crippen LogP contribution >= 0.6 is 0 Å². The van der Waals surface area contributed by atoms with Gasteiger partial charge < -0.3 is 14.6 Å². The summed E-state index contributed by atoms with van der Waals surface area (Å²) in [7, 11) is 1.72. The average Bonchev–Trinajstić information content (AvgIpc) is 2.97. The van der Waals surface area contributed by atoms with Gasteiger partial charge in [-0.3, -0.25) is 4.79 Å². The first kappa shape index (κ1) is 17.5. The maximum atomic E-state index is 12.2. The van der Waals surface area contributed by atoms with Crippen molar-refractivity contribution in [3.63, 3.8) is 0 Å². The third-order valence-corrected chi connectivity index (χ3v) is 4.80. The Labute approximate surface area is 149 Å². The van der Waals surface area contributed by atoms with Crippen molar-refractivity contribution in [2.24, 2.45) is 0 Å². The monoisotopic (exact) mass is 341 g/mol. The summed E-state index contributed by atoms with van der Waals surface area (Å²) in [6.45, 7) is 8.96. The number of carbonyl (C=O) groups excluding carboxylic acids is 1. The highest BCUT2D eigenvalue weighted by Crippen LogP contribution is 2.33. The van der Waals surface area contributed by atoms with E-state index in [1.165, 1.54) is 16.7 Å². The van der Waals surface area contributed by atoms with Gasteiger partial charge in [0.05, 0.1) is 7.11 Å². The highest BCUT2D eigenvalue weighted by Gasteiger charge is 2.24. The number of aromatic nitrogens is 2. The Morgan fingerprint density at radius 1 is 1.32 bits per heavy atom. The topological polar surface area (TPSA) is 56.1 Å². The molecule has 2 aromatic rings. The van der Waals surface area contributed by atoms with Gasteiger partial charge in [0.2, 0.25) is 0 Å². The van der Waals surface area contributed by atoms with Crippen molar-refractivity contribution in [2.75, 3.05) is 7.11 Å². The van der Waals surface area contributed by atoms with Crippen molar-refractivity contribution in [2.45, 2.75) is 59.0 Å². The van der Waals surface area contributed by atoms with Crippen LogP contribution in [0.4, 0.5) is 0 Å². The summed E-state index contributed by atoms with van der Waals surface area (Å²) in [5.41, 5.74) is 4.20. The number of benzene rings is 1. The van der Waals surface area contributed by atoms with E-state index in [1.54, 1.807) is 7.11 Å². The minimum Gasteiger partial charge on any atom is -0.496 e. The van der Waals surface area contributed by atoms with Gasteiger partial charge in [-0.15, -0.1) is 0 Å². The molecule has 25 heavy (non-hydrogen) atoms. The van der Waals surface area contributed by atoms with E-state index in [0.717, 1.165) is 31.0 Å². The van der Waals surface area contributed by atoms with Gasteiger partial charge in [-0.1, -0.05) is 12.1 Å². The molecule has 1 aromatic carbocycles. The number of ether oxygens (including phenoxy) is 1. The van der Waals surface area contributed by atoms with Crippen molar-refractivity contribution >= 4 is 5.91 Å². The number of carbonyl (C=O) groups is 1. The van der Waals surface area contributed by atoms with E-state index in [9.17, 15) is 4.79 Å². The number of imidazole rings is 1. The van der Waals surface area contributed by atoms with Crippen LogP contribution in [-0.2, 0) is 13.0 Å². The maximum Gasteiger partial charge on any atom is 0.271 e. The van der Waals surface area contributed by atoms with Crippen molar-refractivity contribution < 1.29 is 9.53 Å². The van der Waals surface area contributed by atoms with E-state index in [0.29, 0.717) is 11.6 Å². The van der Waals surface area contributed by atoms with E-state index in [4.69, 9.17) is 4.74 Å². The fourth-order valence-corrected chi connectivity index (χ4v) is 3.70. The van der Waals surface area contributed by atoms with E-state index < -0.39 is 0 Å². The molecule has 1 N–H and O–H groups in total. The molecule has 0 saturated heterocycles. The molecule has 5 heteroatoms. The van der Waals surface area contributed by atoms with Crippen LogP contribution in [0.3, 0.4) is 0 Å².